The third kappa shape index (κ3) is 4.50. The van der Waals surface area contributed by atoms with Crippen LogP contribution in [0.25, 0.3) is 0 Å². The van der Waals surface area contributed by atoms with Crippen molar-refractivity contribution in [1.29, 1.82) is 0 Å². The molecule has 6 heteroatoms. The Balaban J connectivity index is 1.82. The Kier molecular flexibility index (Phi) is 6.30. The van der Waals surface area contributed by atoms with Gasteiger partial charge >= 0.3 is 0 Å². The minimum atomic E-state index is -0.520. The molecule has 1 aromatic carbocycles. The zero-order chi connectivity index (χ0) is 15.9. The van der Waals surface area contributed by atoms with Gasteiger partial charge in [-0.05, 0) is 19.1 Å². The second-order valence-electron chi connectivity index (χ2n) is 5.39. The number of carbonyl (C=O) groups excluding carboxylic acids is 1. The van der Waals surface area contributed by atoms with Gasteiger partial charge in [0.25, 0.3) is 5.91 Å². The van der Waals surface area contributed by atoms with Crippen LogP contribution in [-0.2, 0) is 4.74 Å². The first-order valence-electron chi connectivity index (χ1n) is 7.63. The molecule has 0 saturated carbocycles. The van der Waals surface area contributed by atoms with Crippen molar-refractivity contribution in [3.63, 3.8) is 0 Å². The highest BCUT2D eigenvalue weighted by Crippen LogP contribution is 2.12. The standard InChI is InChI=1S/C16H23FN2O3/c1-2-22-12-13(20)11-18-7-9-19(10-8-18)16(21)14-5-3-4-6-15(14)17/h3-6,13,20H,2,7-12H2,1H3/t13-/m0/s1. The van der Waals surface area contributed by atoms with Gasteiger partial charge in [-0.15, -0.1) is 0 Å². The number of hydrogen-bond acceptors (Lipinski definition) is 4. The molecule has 22 heavy (non-hydrogen) atoms. The van der Waals surface area contributed by atoms with Gasteiger partial charge in [-0.1, -0.05) is 12.1 Å². The van der Waals surface area contributed by atoms with E-state index in [0.717, 1.165) is 0 Å². The van der Waals surface area contributed by atoms with E-state index in [1.165, 1.54) is 12.1 Å². The van der Waals surface area contributed by atoms with Crippen LogP contribution in [0, 0.1) is 5.82 Å². The van der Waals surface area contributed by atoms with Crippen LogP contribution in [0.1, 0.15) is 17.3 Å². The van der Waals surface area contributed by atoms with Crippen LogP contribution in [0.2, 0.25) is 0 Å². The maximum absolute atomic E-state index is 13.7. The lowest BCUT2D eigenvalue weighted by Gasteiger charge is -2.35. The Bertz CT molecular complexity index is 490. The molecule has 1 N–H and O–H groups in total. The van der Waals surface area contributed by atoms with Crippen LogP contribution in [0.3, 0.4) is 0 Å². The Hall–Kier alpha value is -1.50. The zero-order valence-corrected chi connectivity index (χ0v) is 12.9. The van der Waals surface area contributed by atoms with E-state index in [1.807, 2.05) is 6.92 Å². The summed E-state index contributed by atoms with van der Waals surface area (Å²) in [6.45, 7) is 5.74. The predicted octanol–water partition coefficient (Wildman–Crippen LogP) is 0.981. The topological polar surface area (TPSA) is 53.0 Å². The van der Waals surface area contributed by atoms with Crippen molar-refractivity contribution < 1.29 is 19.0 Å². The molecule has 0 spiro atoms. The number of piperazine rings is 1. The molecule has 122 valence electrons. The fourth-order valence-corrected chi connectivity index (χ4v) is 2.54. The summed E-state index contributed by atoms with van der Waals surface area (Å²) in [5, 5.41) is 9.83. The lowest BCUT2D eigenvalue weighted by Crippen LogP contribution is -2.51. The van der Waals surface area contributed by atoms with Crippen LogP contribution in [-0.4, -0.2) is 72.9 Å². The number of hydrogen-bond donors (Lipinski definition) is 1. The molecule has 0 unspecified atom stereocenters. The van der Waals surface area contributed by atoms with E-state index in [4.69, 9.17) is 4.74 Å². The van der Waals surface area contributed by atoms with E-state index < -0.39 is 11.9 Å². The molecule has 1 atom stereocenters. The average Bonchev–Trinajstić information content (AvgIpc) is 2.53. The quantitative estimate of drug-likeness (QED) is 0.851. The highest BCUT2D eigenvalue weighted by atomic mass is 19.1. The molecule has 1 fully saturated rings. The van der Waals surface area contributed by atoms with Crippen molar-refractivity contribution in [2.75, 3.05) is 45.9 Å². The number of rotatable bonds is 6. The number of aliphatic hydroxyl groups excluding tert-OH is 1. The molecule has 0 radical (unpaired) electrons. The smallest absolute Gasteiger partial charge is 0.256 e. The highest BCUT2D eigenvalue weighted by molar-refractivity contribution is 5.94. The van der Waals surface area contributed by atoms with Gasteiger partial charge in [-0.2, -0.15) is 0 Å². The van der Waals surface area contributed by atoms with Crippen molar-refractivity contribution in [2.24, 2.45) is 0 Å². The second-order valence-corrected chi connectivity index (χ2v) is 5.39. The average molecular weight is 310 g/mol. The van der Waals surface area contributed by atoms with Crippen LogP contribution >= 0.6 is 0 Å². The fourth-order valence-electron chi connectivity index (χ4n) is 2.54. The monoisotopic (exact) mass is 310 g/mol. The first-order valence-corrected chi connectivity index (χ1v) is 7.63. The Labute approximate surface area is 130 Å². The van der Waals surface area contributed by atoms with E-state index in [2.05, 4.69) is 4.90 Å². The minimum absolute atomic E-state index is 0.118. The van der Waals surface area contributed by atoms with E-state index in [1.54, 1.807) is 17.0 Å². The summed E-state index contributed by atoms with van der Waals surface area (Å²) < 4.78 is 18.8. The van der Waals surface area contributed by atoms with Crippen molar-refractivity contribution in [3.8, 4) is 0 Å². The number of ether oxygens (including phenoxy) is 1. The molecule has 1 aliphatic heterocycles. The molecule has 5 nitrogen and oxygen atoms in total. The zero-order valence-electron chi connectivity index (χ0n) is 12.9. The molecule has 0 bridgehead atoms. The fraction of sp³-hybridized carbons (Fsp3) is 0.562. The van der Waals surface area contributed by atoms with E-state index in [-0.39, 0.29) is 11.5 Å². The first-order chi connectivity index (χ1) is 10.6. The Morgan fingerprint density at radius 2 is 2.00 bits per heavy atom. The van der Waals surface area contributed by atoms with E-state index >= 15 is 0 Å². The molecule has 1 heterocycles. The molecular weight excluding hydrogens is 287 g/mol. The first kappa shape index (κ1) is 16.9. The van der Waals surface area contributed by atoms with Gasteiger partial charge in [0.1, 0.15) is 5.82 Å². The van der Waals surface area contributed by atoms with Crippen LogP contribution < -0.4 is 0 Å². The van der Waals surface area contributed by atoms with Gasteiger partial charge in [0.15, 0.2) is 0 Å². The number of nitrogens with zero attached hydrogens (tertiary/aromatic N) is 2. The largest absolute Gasteiger partial charge is 0.389 e. The van der Waals surface area contributed by atoms with Gasteiger partial charge in [-0.3, -0.25) is 9.69 Å². The predicted molar refractivity (Wildman–Crippen MR) is 81.2 cm³/mol. The summed E-state index contributed by atoms with van der Waals surface area (Å²) in [6.07, 6.45) is -0.520. The summed E-state index contributed by atoms with van der Waals surface area (Å²) in [6, 6.07) is 6.05. The van der Waals surface area contributed by atoms with Crippen molar-refractivity contribution in [3.05, 3.63) is 35.6 Å². The molecule has 0 aromatic heterocycles. The van der Waals surface area contributed by atoms with Crippen molar-refractivity contribution >= 4 is 5.91 Å². The molecular formula is C16H23FN2O3. The van der Waals surface area contributed by atoms with Gasteiger partial charge < -0.3 is 14.7 Å². The second kappa shape index (κ2) is 8.22. The molecule has 1 aromatic rings. The summed E-state index contributed by atoms with van der Waals surface area (Å²) in [5.74, 6) is -0.755. The van der Waals surface area contributed by atoms with Gasteiger partial charge in [0.05, 0.1) is 18.3 Å². The molecule has 1 saturated heterocycles. The molecule has 1 amide bonds. The summed E-state index contributed by atoms with van der Waals surface area (Å²) >= 11 is 0. The van der Waals surface area contributed by atoms with E-state index in [9.17, 15) is 14.3 Å². The number of aliphatic hydroxyl groups is 1. The van der Waals surface area contributed by atoms with Crippen LogP contribution in [0.4, 0.5) is 4.39 Å². The summed E-state index contributed by atoms with van der Waals surface area (Å²) in [5.41, 5.74) is 0.118. The van der Waals surface area contributed by atoms with Gasteiger partial charge in [0, 0.05) is 39.3 Å². The maximum Gasteiger partial charge on any atom is 0.256 e. The summed E-state index contributed by atoms with van der Waals surface area (Å²) in [4.78, 5) is 16.0. The summed E-state index contributed by atoms with van der Waals surface area (Å²) in [7, 11) is 0. The van der Waals surface area contributed by atoms with Crippen molar-refractivity contribution in [1.82, 2.24) is 9.80 Å². The number of amides is 1. The molecule has 2 rings (SSSR count). The van der Waals surface area contributed by atoms with Crippen LogP contribution in [0.5, 0.6) is 0 Å². The number of halogens is 1. The Morgan fingerprint density at radius 1 is 1.32 bits per heavy atom. The molecule has 0 aliphatic carbocycles. The lowest BCUT2D eigenvalue weighted by molar-refractivity contribution is 0.0111. The minimum Gasteiger partial charge on any atom is -0.389 e. The van der Waals surface area contributed by atoms with Crippen LogP contribution in [0.15, 0.2) is 24.3 Å². The SMILES string of the molecule is CCOC[C@@H](O)CN1CCN(C(=O)c2ccccc2F)CC1. The third-order valence-electron chi connectivity index (χ3n) is 3.75. The van der Waals surface area contributed by atoms with Crippen molar-refractivity contribution in [2.45, 2.75) is 13.0 Å². The third-order valence-corrected chi connectivity index (χ3v) is 3.75. The Morgan fingerprint density at radius 3 is 2.64 bits per heavy atom. The number of β-amino-alcohol motifs (C(OH)–C–C–N with tert-alkyl or cyclic N) is 1. The maximum atomic E-state index is 13.7. The van der Waals surface area contributed by atoms with Gasteiger partial charge in [0.2, 0.25) is 0 Å². The number of benzene rings is 1. The number of carbonyl (C=O) groups is 1. The normalized spacial score (nSPS) is 17.5. The van der Waals surface area contributed by atoms with E-state index in [0.29, 0.717) is 45.9 Å². The highest BCUT2D eigenvalue weighted by Gasteiger charge is 2.24. The lowest BCUT2D eigenvalue weighted by atomic mass is 10.1. The molecule has 1 aliphatic rings. The van der Waals surface area contributed by atoms with Gasteiger partial charge in [-0.25, -0.2) is 4.39 Å².